The fraction of sp³-hybridized carbons (Fsp3) is 0.267. The molecule has 0 N–H and O–H groups in total. The second-order valence-corrected chi connectivity index (χ2v) is 4.20. The molecule has 1 aromatic rings. The summed E-state index contributed by atoms with van der Waals surface area (Å²) in [7, 11) is 0. The molecule has 0 aliphatic carbocycles. The number of rotatable bonds is 4. The molecule has 0 heterocycles. The molecule has 1 aromatic carbocycles. The molecule has 0 fully saturated rings. The van der Waals surface area contributed by atoms with E-state index < -0.39 is 0 Å². The molecule has 88 valence electrons. The van der Waals surface area contributed by atoms with Crippen molar-refractivity contribution in [1.29, 1.82) is 0 Å². The van der Waals surface area contributed by atoms with Crippen LogP contribution < -0.4 is 0 Å². The number of carbonyl (C=O) groups excluding carboxylic acids is 1. The lowest BCUT2D eigenvalue weighted by molar-refractivity contribution is 0.0944. The van der Waals surface area contributed by atoms with Crippen LogP contribution in [-0.4, -0.2) is 5.78 Å². The van der Waals surface area contributed by atoms with Gasteiger partial charge in [0.15, 0.2) is 5.78 Å². The summed E-state index contributed by atoms with van der Waals surface area (Å²) in [4.78, 5) is 12.2. The third kappa shape index (κ3) is 4.46. The molecule has 0 bridgehead atoms. The lowest BCUT2D eigenvalue weighted by Gasteiger charge is -2.08. The van der Waals surface area contributed by atoms with Crippen molar-refractivity contribution in [2.75, 3.05) is 0 Å². The molecule has 0 aliphatic heterocycles. The van der Waals surface area contributed by atoms with Crippen molar-refractivity contribution in [3.63, 3.8) is 0 Å². The smallest absolute Gasteiger partial charge is 0.177 e. The number of benzene rings is 1. The molecule has 2 heteroatoms. The molecule has 1 rings (SSSR count). The normalized spacial score (nSPS) is 11.2. The molecule has 0 aromatic heterocycles. The zero-order valence-corrected chi connectivity index (χ0v) is 10.6. The Labute approximate surface area is 107 Å². The van der Waals surface area contributed by atoms with Crippen molar-refractivity contribution in [2.45, 2.75) is 19.8 Å². The van der Waals surface area contributed by atoms with Gasteiger partial charge in [0.05, 0.1) is 11.0 Å². The van der Waals surface area contributed by atoms with Crippen LogP contribution in [0.4, 0.5) is 0 Å². The van der Waals surface area contributed by atoms with E-state index in [9.17, 15) is 4.79 Å². The second-order valence-electron chi connectivity index (χ2n) is 3.75. The molecule has 0 amide bonds. The van der Waals surface area contributed by atoms with Gasteiger partial charge in [0, 0.05) is 5.56 Å². The van der Waals surface area contributed by atoms with Crippen LogP contribution in [0, 0.1) is 17.8 Å². The number of carbonyl (C=O) groups is 1. The van der Waals surface area contributed by atoms with Gasteiger partial charge in [0.2, 0.25) is 0 Å². The molecule has 0 saturated heterocycles. The number of Topliss-reactive ketones (excluding diaryl/α,β-unsaturated/α-hetero) is 1. The zero-order valence-electron chi connectivity index (χ0n) is 9.87. The Morgan fingerprint density at radius 2 is 2.06 bits per heavy atom. The van der Waals surface area contributed by atoms with Gasteiger partial charge in [-0.15, -0.1) is 0 Å². The van der Waals surface area contributed by atoms with Crippen LogP contribution >= 0.6 is 11.6 Å². The average molecular weight is 247 g/mol. The van der Waals surface area contributed by atoms with Gasteiger partial charge < -0.3 is 0 Å². The van der Waals surface area contributed by atoms with Crippen LogP contribution in [0.5, 0.6) is 0 Å². The Morgan fingerprint density at radius 3 is 2.59 bits per heavy atom. The highest BCUT2D eigenvalue weighted by Crippen LogP contribution is 2.14. The molecule has 1 atom stereocenters. The summed E-state index contributed by atoms with van der Waals surface area (Å²) in [5.74, 6) is 5.33. The second kappa shape index (κ2) is 6.93. The van der Waals surface area contributed by atoms with E-state index in [0.29, 0.717) is 5.56 Å². The summed E-state index contributed by atoms with van der Waals surface area (Å²) in [6.45, 7) is 5.53. The molecule has 0 saturated carbocycles. The Morgan fingerprint density at radius 1 is 1.41 bits per heavy atom. The van der Waals surface area contributed by atoms with Crippen molar-refractivity contribution in [2.24, 2.45) is 5.92 Å². The van der Waals surface area contributed by atoms with Gasteiger partial charge in [-0.25, -0.2) is 0 Å². The van der Waals surface area contributed by atoms with Crippen LogP contribution in [-0.2, 0) is 0 Å². The minimum Gasteiger partial charge on any atom is -0.293 e. The number of allylic oxidation sites excluding steroid dienone is 1. The highest BCUT2D eigenvalue weighted by Gasteiger charge is 2.16. The summed E-state index contributed by atoms with van der Waals surface area (Å²) in [5, 5.41) is 0.270. The lowest BCUT2D eigenvalue weighted by Crippen LogP contribution is -2.12. The quantitative estimate of drug-likeness (QED) is 0.579. The van der Waals surface area contributed by atoms with E-state index >= 15 is 0 Å². The van der Waals surface area contributed by atoms with E-state index in [2.05, 4.69) is 18.4 Å². The molecule has 17 heavy (non-hydrogen) atoms. The van der Waals surface area contributed by atoms with Gasteiger partial charge in [0.1, 0.15) is 0 Å². The van der Waals surface area contributed by atoms with E-state index in [-0.39, 0.29) is 16.7 Å². The molecule has 1 nitrogen and oxygen atoms in total. The van der Waals surface area contributed by atoms with Gasteiger partial charge in [0.25, 0.3) is 0 Å². The maximum Gasteiger partial charge on any atom is 0.177 e. The van der Waals surface area contributed by atoms with Crippen LogP contribution in [0.1, 0.15) is 30.1 Å². The summed E-state index contributed by atoms with van der Waals surface area (Å²) in [5.41, 5.74) is 0.695. The Kier molecular flexibility index (Phi) is 5.52. The predicted octanol–water partition coefficient (Wildman–Crippen LogP) is 4.04. The Hall–Kier alpha value is -1.52. The number of hydrogen-bond donors (Lipinski definition) is 0. The summed E-state index contributed by atoms with van der Waals surface area (Å²) >= 11 is 5.59. The maximum absolute atomic E-state index is 12.2. The fourth-order valence-electron chi connectivity index (χ4n) is 1.53. The highest BCUT2D eigenvalue weighted by molar-refractivity contribution is 6.31. The molecule has 0 aliphatic rings. The van der Waals surface area contributed by atoms with Crippen LogP contribution in [0.15, 0.2) is 41.9 Å². The van der Waals surface area contributed by atoms with Gasteiger partial charge in [-0.05, 0) is 6.42 Å². The van der Waals surface area contributed by atoms with Gasteiger partial charge in [-0.1, -0.05) is 73.7 Å². The lowest BCUT2D eigenvalue weighted by atomic mass is 9.94. The van der Waals surface area contributed by atoms with Gasteiger partial charge >= 0.3 is 0 Å². The van der Waals surface area contributed by atoms with Crippen LogP contribution in [0.2, 0.25) is 0 Å². The Balaban J connectivity index is 2.89. The molecule has 0 radical (unpaired) electrons. The third-order valence-electron chi connectivity index (χ3n) is 2.33. The zero-order chi connectivity index (χ0) is 12.7. The molecule has 1 unspecified atom stereocenters. The fourth-order valence-corrected chi connectivity index (χ4v) is 1.58. The monoisotopic (exact) mass is 246 g/mol. The van der Waals surface area contributed by atoms with E-state index in [1.165, 1.54) is 0 Å². The third-order valence-corrected chi connectivity index (χ3v) is 2.43. The first-order valence-electron chi connectivity index (χ1n) is 5.60. The predicted molar refractivity (Wildman–Crippen MR) is 71.9 cm³/mol. The standard InChI is InChI=1S/C15H15ClO/c1-3-7-13(11-10-12(2)16)15(17)14-8-5-4-6-9-14/h4-6,8-9,13H,2-3,7H2,1H3. The van der Waals surface area contributed by atoms with Crippen LogP contribution in [0.3, 0.4) is 0 Å². The Bertz CT molecular complexity index is 451. The first-order chi connectivity index (χ1) is 8.15. The molecular weight excluding hydrogens is 232 g/mol. The van der Waals surface area contributed by atoms with Gasteiger partial charge in [-0.3, -0.25) is 4.79 Å². The number of halogens is 1. The van der Waals surface area contributed by atoms with Crippen molar-refractivity contribution in [1.82, 2.24) is 0 Å². The highest BCUT2D eigenvalue weighted by atomic mass is 35.5. The van der Waals surface area contributed by atoms with Crippen molar-refractivity contribution in [3.05, 3.63) is 47.5 Å². The van der Waals surface area contributed by atoms with Crippen molar-refractivity contribution in [3.8, 4) is 11.8 Å². The molecule has 0 spiro atoms. The molecular formula is C15H15ClO. The van der Waals surface area contributed by atoms with E-state index in [0.717, 1.165) is 12.8 Å². The first-order valence-corrected chi connectivity index (χ1v) is 5.98. The maximum atomic E-state index is 12.2. The van der Waals surface area contributed by atoms with E-state index in [1.807, 2.05) is 37.3 Å². The van der Waals surface area contributed by atoms with Gasteiger partial charge in [-0.2, -0.15) is 0 Å². The first kappa shape index (κ1) is 13.5. The van der Waals surface area contributed by atoms with Crippen molar-refractivity contribution < 1.29 is 4.79 Å². The minimum atomic E-state index is -0.294. The van der Waals surface area contributed by atoms with E-state index in [1.54, 1.807) is 0 Å². The summed E-state index contributed by atoms with van der Waals surface area (Å²) in [6, 6.07) is 9.20. The number of ketones is 1. The largest absolute Gasteiger partial charge is 0.293 e. The van der Waals surface area contributed by atoms with Crippen molar-refractivity contribution >= 4 is 17.4 Å². The van der Waals surface area contributed by atoms with E-state index in [4.69, 9.17) is 11.6 Å². The minimum absolute atomic E-state index is 0.0536. The SMILES string of the molecule is C=C(Cl)C#CC(CCC)C(=O)c1ccccc1. The summed E-state index contributed by atoms with van der Waals surface area (Å²) in [6.07, 6.45) is 1.65. The average Bonchev–Trinajstić information content (AvgIpc) is 2.34. The number of hydrogen-bond acceptors (Lipinski definition) is 1. The van der Waals surface area contributed by atoms with Crippen LogP contribution in [0.25, 0.3) is 0 Å². The summed E-state index contributed by atoms with van der Waals surface area (Å²) < 4.78 is 0. The topological polar surface area (TPSA) is 17.1 Å².